The molecule has 2 unspecified atom stereocenters. The molecule has 4 aromatic heterocycles. The number of amides is 2. The van der Waals surface area contributed by atoms with Crippen LogP contribution in [0.1, 0.15) is 36.9 Å². The summed E-state index contributed by atoms with van der Waals surface area (Å²) in [6.45, 7) is 2.06. The van der Waals surface area contributed by atoms with Crippen LogP contribution in [0.4, 0.5) is 0 Å². The van der Waals surface area contributed by atoms with Crippen molar-refractivity contribution in [1.29, 1.82) is 0 Å². The summed E-state index contributed by atoms with van der Waals surface area (Å²) in [5.41, 5.74) is 7.08. The molecule has 0 bridgehead atoms. The number of imidazole rings is 1. The van der Waals surface area contributed by atoms with Crippen molar-refractivity contribution in [2.75, 3.05) is 13.1 Å². The van der Waals surface area contributed by atoms with Gasteiger partial charge in [0, 0.05) is 97.5 Å². The second-order valence-corrected chi connectivity index (χ2v) is 14.5. The number of nitrogens with one attached hydrogen (secondary N) is 4. The fraction of sp³-hybridized carbons (Fsp3) is 0.256. The van der Waals surface area contributed by atoms with Gasteiger partial charge in [0.2, 0.25) is 11.8 Å². The van der Waals surface area contributed by atoms with Crippen molar-refractivity contribution >= 4 is 57.9 Å². The van der Waals surface area contributed by atoms with E-state index in [2.05, 4.69) is 26.3 Å². The number of halogens is 3. The highest BCUT2D eigenvalue weighted by Crippen LogP contribution is 2.42. The van der Waals surface area contributed by atoms with E-state index in [1.165, 1.54) is 4.40 Å². The monoisotopic (exact) mass is 768 g/mol. The van der Waals surface area contributed by atoms with E-state index in [0.717, 1.165) is 51.9 Å². The predicted octanol–water partition coefficient (Wildman–Crippen LogP) is 6.04. The van der Waals surface area contributed by atoms with Crippen molar-refractivity contribution in [1.82, 2.24) is 40.0 Å². The zero-order chi connectivity index (χ0) is 36.6. The lowest BCUT2D eigenvalue weighted by Crippen LogP contribution is -2.36. The number of hydrogen-bond acceptors (Lipinski definition) is 7. The number of nitrogens with zero attached hydrogens (tertiary/aromatic N) is 4. The molecule has 6 aromatic rings. The normalized spacial score (nSPS) is 17.2. The molecule has 2 fully saturated rings. The second-order valence-electron chi connectivity index (χ2n) is 13.4. The Kier molecular flexibility index (Phi) is 9.93. The average molecular weight is 770 g/mol. The molecule has 2 aliphatic heterocycles. The number of fused-ring (bicyclic) bond motifs is 2. The molecule has 2 aromatic carbocycles. The molecule has 2 saturated heterocycles. The van der Waals surface area contributed by atoms with Gasteiger partial charge in [-0.3, -0.25) is 23.2 Å². The molecule has 270 valence electrons. The molecule has 0 saturated carbocycles. The van der Waals surface area contributed by atoms with Crippen molar-refractivity contribution in [2.24, 2.45) is 0 Å². The Morgan fingerprint density at radius 3 is 1.83 bits per heavy atom. The summed E-state index contributed by atoms with van der Waals surface area (Å²) in [6, 6.07) is 19.4. The van der Waals surface area contributed by atoms with E-state index in [1.54, 1.807) is 12.4 Å². The second kappa shape index (κ2) is 14.9. The molecule has 53 heavy (non-hydrogen) atoms. The molecule has 2 atom stereocenters. The zero-order valence-electron chi connectivity index (χ0n) is 28.5. The first-order valence-corrected chi connectivity index (χ1v) is 18.6. The summed E-state index contributed by atoms with van der Waals surface area (Å²) in [5, 5.41) is 14.1. The largest absolute Gasteiger partial charge is 0.352 e. The van der Waals surface area contributed by atoms with Gasteiger partial charge >= 0.3 is 0 Å². The van der Waals surface area contributed by atoms with E-state index in [4.69, 9.17) is 39.8 Å². The lowest BCUT2D eigenvalue weighted by molar-refractivity contribution is -0.120. The molecule has 14 heteroatoms. The zero-order valence-corrected chi connectivity index (χ0v) is 30.7. The number of carbonyl (C=O) groups is 2. The van der Waals surface area contributed by atoms with Crippen LogP contribution in [0.2, 0.25) is 15.2 Å². The van der Waals surface area contributed by atoms with Gasteiger partial charge in [-0.15, -0.1) is 0 Å². The lowest BCUT2D eigenvalue weighted by atomic mass is 9.96. The van der Waals surface area contributed by atoms with Crippen molar-refractivity contribution in [3.63, 3.8) is 0 Å². The Morgan fingerprint density at radius 1 is 0.698 bits per heavy atom. The summed E-state index contributed by atoms with van der Waals surface area (Å²) in [5.74, 6) is 0.146. The quantitative estimate of drug-likeness (QED) is 0.126. The van der Waals surface area contributed by atoms with E-state index < -0.39 is 0 Å². The summed E-state index contributed by atoms with van der Waals surface area (Å²) in [6.07, 6.45) is 7.89. The van der Waals surface area contributed by atoms with Crippen LogP contribution < -0.4 is 26.8 Å². The number of carbonyl (C=O) groups excluding carboxylic acids is 2. The number of benzene rings is 2. The molecule has 6 heterocycles. The van der Waals surface area contributed by atoms with Crippen LogP contribution in [0.25, 0.3) is 44.7 Å². The van der Waals surface area contributed by atoms with E-state index in [0.29, 0.717) is 71.1 Å². The van der Waals surface area contributed by atoms with Crippen molar-refractivity contribution in [3.8, 4) is 33.4 Å². The highest BCUT2D eigenvalue weighted by molar-refractivity contribution is 6.39. The minimum atomic E-state index is -0.160. The minimum Gasteiger partial charge on any atom is -0.352 e. The van der Waals surface area contributed by atoms with Crippen molar-refractivity contribution < 1.29 is 9.59 Å². The molecule has 2 amide bonds. The predicted molar refractivity (Wildman–Crippen MR) is 207 cm³/mol. The molecule has 0 radical (unpaired) electrons. The molecular weight excluding hydrogens is 735 g/mol. The maximum absolute atomic E-state index is 13.3. The maximum atomic E-state index is 13.3. The Labute approximate surface area is 319 Å². The topological polar surface area (TPSA) is 134 Å². The smallest absolute Gasteiger partial charge is 0.262 e. The first-order valence-electron chi connectivity index (χ1n) is 17.5. The van der Waals surface area contributed by atoms with Gasteiger partial charge in [-0.2, -0.15) is 0 Å². The van der Waals surface area contributed by atoms with Gasteiger partial charge in [-0.05, 0) is 48.2 Å². The fourth-order valence-electron chi connectivity index (χ4n) is 7.08. The Balaban J connectivity index is 1.02. The Morgan fingerprint density at radius 2 is 1.25 bits per heavy atom. The fourth-order valence-corrected chi connectivity index (χ4v) is 8.00. The van der Waals surface area contributed by atoms with Crippen LogP contribution in [0, 0.1) is 0 Å². The average Bonchev–Trinajstić information content (AvgIpc) is 3.86. The maximum Gasteiger partial charge on any atom is 0.262 e. The van der Waals surface area contributed by atoms with Crippen LogP contribution in [0.3, 0.4) is 0 Å². The van der Waals surface area contributed by atoms with Crippen molar-refractivity contribution in [2.45, 2.75) is 50.9 Å². The number of rotatable bonds is 11. The summed E-state index contributed by atoms with van der Waals surface area (Å²) >= 11 is 21.0. The summed E-state index contributed by atoms with van der Waals surface area (Å²) in [7, 11) is 0. The summed E-state index contributed by atoms with van der Waals surface area (Å²) in [4.78, 5) is 45.6. The Hall–Kier alpha value is -4.78. The van der Waals surface area contributed by atoms with Gasteiger partial charge in [-0.25, -0.2) is 9.97 Å². The lowest BCUT2D eigenvalue weighted by Gasteiger charge is -2.15. The molecule has 11 nitrogen and oxygen atoms in total. The minimum absolute atomic E-state index is 0.0604. The van der Waals surface area contributed by atoms with Gasteiger partial charge in [0.15, 0.2) is 0 Å². The highest BCUT2D eigenvalue weighted by atomic mass is 35.5. The van der Waals surface area contributed by atoms with Crippen LogP contribution in [-0.4, -0.2) is 55.8 Å². The molecule has 0 spiro atoms. The SMILES string of the molecule is O=C1CCC(CNCc2nc3cc(-c4cccc(-c5cccc(-c6ccn7c(=O)c(CNCC8CCC(=O)N8)cnc7c6)c5Cl)c4Cl)ccn3c2Cl)N1. The third-order valence-electron chi connectivity index (χ3n) is 9.88. The number of hydrogen-bond donors (Lipinski definition) is 4. The number of pyridine rings is 2. The van der Waals surface area contributed by atoms with E-state index >= 15 is 0 Å². The first-order chi connectivity index (χ1) is 25.7. The van der Waals surface area contributed by atoms with Crippen LogP contribution >= 0.6 is 34.8 Å². The molecule has 4 N–H and O–H groups in total. The van der Waals surface area contributed by atoms with Gasteiger partial charge < -0.3 is 21.3 Å². The standard InChI is InChI=1S/C39H35Cl3N8O3/c40-36-27(22-12-14-50-32(15-22)45-18-24(39(50)53)17-43-19-25-7-9-34(51)46-25)3-1-5-29(36)30-6-2-4-28(37(30)41)23-11-13-49-33(16-23)48-31(38(49)42)21-44-20-26-8-10-35(52)47-26/h1-6,11-16,18,25-26,43-44H,7-10,17,19-21H2,(H,46,51)(H,47,52). The number of aromatic nitrogens is 4. The molecular formula is C39H35Cl3N8O3. The van der Waals surface area contributed by atoms with E-state index in [1.807, 2.05) is 71.3 Å². The molecule has 2 aliphatic rings. The molecule has 0 aliphatic carbocycles. The molecule has 8 rings (SSSR count). The van der Waals surface area contributed by atoms with Crippen molar-refractivity contribution in [3.05, 3.63) is 116 Å². The van der Waals surface area contributed by atoms with Gasteiger partial charge in [0.25, 0.3) is 5.56 Å². The van der Waals surface area contributed by atoms with Crippen LogP contribution in [-0.2, 0) is 22.7 Å². The highest BCUT2D eigenvalue weighted by Gasteiger charge is 2.22. The van der Waals surface area contributed by atoms with Gasteiger partial charge in [0.1, 0.15) is 16.4 Å². The Bertz CT molecular complexity index is 2460. The van der Waals surface area contributed by atoms with E-state index in [9.17, 15) is 14.4 Å². The van der Waals surface area contributed by atoms with E-state index in [-0.39, 0.29) is 29.5 Å². The van der Waals surface area contributed by atoms with Crippen LogP contribution in [0.15, 0.2) is 84.0 Å². The third-order valence-corrected chi connectivity index (χ3v) is 11.1. The third kappa shape index (κ3) is 7.15. The van der Waals surface area contributed by atoms with Gasteiger partial charge in [-0.1, -0.05) is 71.2 Å². The first kappa shape index (κ1) is 35.3. The summed E-state index contributed by atoms with van der Waals surface area (Å²) < 4.78 is 3.36. The van der Waals surface area contributed by atoms with Crippen LogP contribution in [0.5, 0.6) is 0 Å². The van der Waals surface area contributed by atoms with Gasteiger partial charge in [0.05, 0.1) is 15.7 Å².